The van der Waals surface area contributed by atoms with Crippen LogP contribution in [0.2, 0.25) is 0 Å². The van der Waals surface area contributed by atoms with Crippen LogP contribution in [0, 0.1) is 0 Å². The summed E-state index contributed by atoms with van der Waals surface area (Å²) in [6, 6.07) is 19.5. The Kier molecular flexibility index (Phi) is 6.68. The molecule has 4 amide bonds. The molecule has 2 N–H and O–H groups in total. The molecule has 9 nitrogen and oxygen atoms in total. The number of ether oxygens (including phenoxy) is 1. The van der Waals surface area contributed by atoms with E-state index in [0.29, 0.717) is 33.5 Å². The maximum atomic E-state index is 12.8. The minimum absolute atomic E-state index is 0.0445. The minimum Gasteiger partial charge on any atom is -0.468 e. The number of nitrogens with zero attached hydrogens (tertiary/aromatic N) is 1. The Labute approximate surface area is 200 Å². The van der Waals surface area contributed by atoms with Crippen molar-refractivity contribution >= 4 is 35.3 Å². The van der Waals surface area contributed by atoms with E-state index < -0.39 is 17.8 Å². The zero-order chi connectivity index (χ0) is 24.9. The molecule has 0 aromatic heterocycles. The van der Waals surface area contributed by atoms with Crippen LogP contribution in [-0.4, -0.2) is 48.2 Å². The second kappa shape index (κ2) is 10.0. The van der Waals surface area contributed by atoms with Gasteiger partial charge in [0.2, 0.25) is 0 Å². The summed E-state index contributed by atoms with van der Waals surface area (Å²) in [6.07, 6.45) is 0. The lowest BCUT2D eigenvalue weighted by Crippen LogP contribution is -2.30. The normalized spacial score (nSPS) is 12.2. The first-order chi connectivity index (χ1) is 16.9. The molecule has 176 valence electrons. The van der Waals surface area contributed by atoms with E-state index in [2.05, 4.69) is 15.4 Å². The minimum atomic E-state index is -0.563. The molecule has 0 unspecified atom stereocenters. The van der Waals surface area contributed by atoms with E-state index in [1.807, 2.05) is 0 Å². The van der Waals surface area contributed by atoms with E-state index in [0.717, 1.165) is 4.90 Å². The molecule has 0 saturated heterocycles. The summed E-state index contributed by atoms with van der Waals surface area (Å²) in [5.41, 5.74) is 2.49. The SMILES string of the molecule is COC(=O)CNC(=O)c1ccc(NC(=O)c2cccc(CN3C(=O)c4ccccc4C3=O)c2)cc1. The van der Waals surface area contributed by atoms with Gasteiger partial charge >= 0.3 is 5.97 Å². The van der Waals surface area contributed by atoms with Crippen molar-refractivity contribution in [3.8, 4) is 0 Å². The fourth-order valence-electron chi connectivity index (χ4n) is 3.61. The van der Waals surface area contributed by atoms with E-state index in [4.69, 9.17) is 0 Å². The second-order valence-electron chi connectivity index (χ2n) is 7.73. The molecule has 0 spiro atoms. The van der Waals surface area contributed by atoms with Gasteiger partial charge in [-0.15, -0.1) is 0 Å². The van der Waals surface area contributed by atoms with Crippen LogP contribution in [0.25, 0.3) is 0 Å². The van der Waals surface area contributed by atoms with Crippen LogP contribution in [0.3, 0.4) is 0 Å². The molecule has 3 aromatic rings. The van der Waals surface area contributed by atoms with Gasteiger partial charge in [-0.3, -0.25) is 28.9 Å². The number of esters is 1. The molecule has 4 rings (SSSR count). The molecular formula is C26H21N3O6. The highest BCUT2D eigenvalue weighted by molar-refractivity contribution is 6.21. The highest BCUT2D eigenvalue weighted by Gasteiger charge is 2.35. The van der Waals surface area contributed by atoms with E-state index in [1.165, 1.54) is 19.2 Å². The number of hydrogen-bond acceptors (Lipinski definition) is 6. The number of carbonyl (C=O) groups excluding carboxylic acids is 5. The van der Waals surface area contributed by atoms with E-state index in [-0.39, 0.29) is 24.9 Å². The Balaban J connectivity index is 1.40. The number of benzene rings is 3. The Bertz CT molecular complexity index is 1300. The highest BCUT2D eigenvalue weighted by atomic mass is 16.5. The van der Waals surface area contributed by atoms with Crippen molar-refractivity contribution in [3.63, 3.8) is 0 Å². The summed E-state index contributed by atoms with van der Waals surface area (Å²) in [7, 11) is 1.23. The third-order valence-corrected chi connectivity index (χ3v) is 5.43. The Morgan fingerprint density at radius 3 is 2.09 bits per heavy atom. The first kappa shape index (κ1) is 23.4. The van der Waals surface area contributed by atoms with Crippen LogP contribution in [0.4, 0.5) is 5.69 Å². The first-order valence-electron chi connectivity index (χ1n) is 10.7. The van der Waals surface area contributed by atoms with Crippen LogP contribution in [0.1, 0.15) is 47.0 Å². The van der Waals surface area contributed by atoms with Gasteiger partial charge < -0.3 is 15.4 Å². The van der Waals surface area contributed by atoms with E-state index in [9.17, 15) is 24.0 Å². The fraction of sp³-hybridized carbons (Fsp3) is 0.115. The number of methoxy groups -OCH3 is 1. The molecular weight excluding hydrogens is 450 g/mol. The maximum absolute atomic E-state index is 12.8. The molecule has 1 aliphatic rings. The van der Waals surface area contributed by atoms with Crippen molar-refractivity contribution in [1.29, 1.82) is 0 Å². The molecule has 0 saturated carbocycles. The molecule has 0 atom stereocenters. The van der Waals surface area contributed by atoms with Gasteiger partial charge in [-0.2, -0.15) is 0 Å². The maximum Gasteiger partial charge on any atom is 0.325 e. The van der Waals surface area contributed by atoms with Crippen molar-refractivity contribution in [2.45, 2.75) is 6.54 Å². The van der Waals surface area contributed by atoms with Gasteiger partial charge in [-0.05, 0) is 54.1 Å². The molecule has 0 fully saturated rings. The van der Waals surface area contributed by atoms with Crippen LogP contribution < -0.4 is 10.6 Å². The van der Waals surface area contributed by atoms with Gasteiger partial charge in [0.1, 0.15) is 6.54 Å². The summed E-state index contributed by atoms with van der Waals surface area (Å²) in [5, 5.41) is 5.17. The topological polar surface area (TPSA) is 122 Å². The molecule has 1 heterocycles. The van der Waals surface area contributed by atoms with Crippen LogP contribution in [0.5, 0.6) is 0 Å². The van der Waals surface area contributed by atoms with Crippen LogP contribution >= 0.6 is 0 Å². The summed E-state index contributed by atoms with van der Waals surface area (Å²) in [5.74, 6) is -2.13. The molecule has 0 bridgehead atoms. The number of amides is 4. The quantitative estimate of drug-likeness (QED) is 0.404. The van der Waals surface area contributed by atoms with Crippen molar-refractivity contribution in [2.75, 3.05) is 19.0 Å². The van der Waals surface area contributed by atoms with Crippen molar-refractivity contribution in [2.24, 2.45) is 0 Å². The predicted molar refractivity (Wildman–Crippen MR) is 126 cm³/mol. The van der Waals surface area contributed by atoms with Crippen molar-refractivity contribution in [1.82, 2.24) is 10.2 Å². The molecule has 35 heavy (non-hydrogen) atoms. The van der Waals surface area contributed by atoms with Crippen molar-refractivity contribution < 1.29 is 28.7 Å². The molecule has 0 aliphatic carbocycles. The fourth-order valence-corrected chi connectivity index (χ4v) is 3.61. The third kappa shape index (κ3) is 5.09. The third-order valence-electron chi connectivity index (χ3n) is 5.43. The van der Waals surface area contributed by atoms with Gasteiger partial charge in [0, 0.05) is 16.8 Å². The van der Waals surface area contributed by atoms with Crippen LogP contribution in [0.15, 0.2) is 72.8 Å². The Morgan fingerprint density at radius 1 is 0.800 bits per heavy atom. The molecule has 9 heteroatoms. The second-order valence-corrected chi connectivity index (χ2v) is 7.73. The molecule has 1 aliphatic heterocycles. The lowest BCUT2D eigenvalue weighted by Gasteiger charge is -2.14. The number of carbonyl (C=O) groups is 5. The van der Waals surface area contributed by atoms with Gasteiger partial charge in [0.05, 0.1) is 24.8 Å². The average molecular weight is 471 g/mol. The van der Waals surface area contributed by atoms with E-state index >= 15 is 0 Å². The highest BCUT2D eigenvalue weighted by Crippen LogP contribution is 2.24. The van der Waals surface area contributed by atoms with Crippen molar-refractivity contribution in [3.05, 3.63) is 101 Å². The monoisotopic (exact) mass is 471 g/mol. The zero-order valence-electron chi connectivity index (χ0n) is 18.7. The summed E-state index contributed by atoms with van der Waals surface area (Å²) in [6.45, 7) is -0.201. The number of imide groups is 1. The van der Waals surface area contributed by atoms with Gasteiger partial charge in [0.15, 0.2) is 0 Å². The summed E-state index contributed by atoms with van der Waals surface area (Å²) < 4.78 is 4.47. The molecule has 3 aromatic carbocycles. The summed E-state index contributed by atoms with van der Waals surface area (Å²) >= 11 is 0. The first-order valence-corrected chi connectivity index (χ1v) is 10.7. The van der Waals surface area contributed by atoms with Gasteiger partial charge in [0.25, 0.3) is 23.6 Å². The Hall–Kier alpha value is -4.79. The Morgan fingerprint density at radius 2 is 1.46 bits per heavy atom. The lowest BCUT2D eigenvalue weighted by atomic mass is 10.1. The average Bonchev–Trinajstić information content (AvgIpc) is 3.12. The van der Waals surface area contributed by atoms with Gasteiger partial charge in [-0.25, -0.2) is 0 Å². The number of hydrogen-bond donors (Lipinski definition) is 2. The zero-order valence-corrected chi connectivity index (χ0v) is 18.7. The lowest BCUT2D eigenvalue weighted by molar-refractivity contribution is -0.139. The standard InChI is InChI=1S/C26H21N3O6/c1-35-22(30)14-27-23(31)17-9-11-19(12-10-17)28-24(32)18-6-4-5-16(13-18)15-29-25(33)20-7-2-3-8-21(20)26(29)34/h2-13H,14-15H2,1H3,(H,27,31)(H,28,32). The van der Waals surface area contributed by atoms with E-state index in [1.54, 1.807) is 60.7 Å². The summed E-state index contributed by atoms with van der Waals surface area (Å²) in [4.78, 5) is 62.3. The van der Waals surface area contributed by atoms with Crippen LogP contribution in [-0.2, 0) is 16.1 Å². The van der Waals surface area contributed by atoms with Gasteiger partial charge in [-0.1, -0.05) is 24.3 Å². The number of nitrogens with one attached hydrogen (secondary N) is 2. The number of fused-ring (bicyclic) bond motifs is 1. The predicted octanol–water partition coefficient (Wildman–Crippen LogP) is 2.64. The smallest absolute Gasteiger partial charge is 0.325 e. The number of rotatable bonds is 7. The molecule has 0 radical (unpaired) electrons. The largest absolute Gasteiger partial charge is 0.468 e. The number of anilines is 1.